The Bertz CT molecular complexity index is 695. The summed E-state index contributed by atoms with van der Waals surface area (Å²) in [6.45, 7) is 5.19. The van der Waals surface area contributed by atoms with Crippen LogP contribution in [-0.2, 0) is 11.3 Å². The highest BCUT2D eigenvalue weighted by atomic mass is 16.3. The number of carbonyl (C=O) groups excluding carboxylic acids is 1. The molecule has 7 nitrogen and oxygen atoms in total. The molecule has 2 atom stereocenters. The first-order chi connectivity index (χ1) is 11.5. The van der Waals surface area contributed by atoms with Crippen LogP contribution in [0.5, 0.6) is 0 Å². The monoisotopic (exact) mass is 329 g/mol. The molecule has 0 spiro atoms. The highest BCUT2D eigenvalue weighted by Gasteiger charge is 2.26. The first-order valence-corrected chi connectivity index (χ1v) is 8.33. The first kappa shape index (κ1) is 16.6. The van der Waals surface area contributed by atoms with Gasteiger partial charge in [-0.3, -0.25) is 4.79 Å². The Morgan fingerprint density at radius 2 is 2.12 bits per heavy atom. The maximum Gasteiger partial charge on any atom is 0.246 e. The minimum absolute atomic E-state index is 0.0341. The number of likely N-dealkylation sites (tertiary alicyclic amines) is 1. The Hall–Kier alpha value is -2.28. The molecule has 0 saturated carbocycles. The van der Waals surface area contributed by atoms with Crippen LogP contribution in [0.3, 0.4) is 0 Å². The van der Waals surface area contributed by atoms with Crippen molar-refractivity contribution in [3.8, 4) is 11.4 Å². The summed E-state index contributed by atoms with van der Waals surface area (Å²) in [6, 6.07) is 7.86. The van der Waals surface area contributed by atoms with E-state index in [4.69, 9.17) is 0 Å². The Balaban J connectivity index is 1.64. The Morgan fingerprint density at radius 3 is 2.83 bits per heavy atom. The van der Waals surface area contributed by atoms with Crippen molar-refractivity contribution in [3.63, 3.8) is 0 Å². The lowest BCUT2D eigenvalue weighted by Gasteiger charge is -2.34. The van der Waals surface area contributed by atoms with Gasteiger partial charge in [0, 0.05) is 24.6 Å². The van der Waals surface area contributed by atoms with E-state index in [1.807, 2.05) is 31.2 Å². The number of benzene rings is 1. The van der Waals surface area contributed by atoms with Gasteiger partial charge in [-0.25, -0.2) is 0 Å². The zero-order valence-corrected chi connectivity index (χ0v) is 14.1. The maximum atomic E-state index is 12.4. The Morgan fingerprint density at radius 1 is 1.38 bits per heavy atom. The van der Waals surface area contributed by atoms with Crippen molar-refractivity contribution in [1.29, 1.82) is 0 Å². The predicted octanol–water partition coefficient (Wildman–Crippen LogP) is 1.27. The van der Waals surface area contributed by atoms with E-state index in [0.717, 1.165) is 24.9 Å². The summed E-state index contributed by atoms with van der Waals surface area (Å²) in [5, 5.41) is 22.0. The summed E-state index contributed by atoms with van der Waals surface area (Å²) in [5.74, 6) is 0.631. The number of aryl methyl sites for hydroxylation is 1. The summed E-state index contributed by atoms with van der Waals surface area (Å²) in [6.07, 6.45) is 1.49. The fourth-order valence-corrected chi connectivity index (χ4v) is 2.98. The second-order valence-electron chi connectivity index (χ2n) is 6.49. The normalized spacial score (nSPS) is 19.3. The Kier molecular flexibility index (Phi) is 4.89. The molecule has 0 aliphatic carbocycles. The van der Waals surface area contributed by atoms with E-state index in [1.165, 1.54) is 10.4 Å². The fraction of sp³-hybridized carbons (Fsp3) is 0.529. The van der Waals surface area contributed by atoms with Gasteiger partial charge in [0.25, 0.3) is 0 Å². The number of nitrogens with zero attached hydrogens (tertiary/aromatic N) is 5. The van der Waals surface area contributed by atoms with Gasteiger partial charge < -0.3 is 10.0 Å². The third kappa shape index (κ3) is 3.79. The van der Waals surface area contributed by atoms with E-state index in [0.29, 0.717) is 12.4 Å². The third-order valence-electron chi connectivity index (χ3n) is 4.53. The number of carbonyl (C=O) groups is 1. The van der Waals surface area contributed by atoms with Crippen LogP contribution in [0.1, 0.15) is 25.3 Å². The first-order valence-electron chi connectivity index (χ1n) is 8.33. The van der Waals surface area contributed by atoms with E-state index >= 15 is 0 Å². The standard InChI is InChI=1S/C17H23N5O2/c1-12-5-7-14(8-6-12)17-18-20-22(19-17)11-16(24)21-9-3-4-15(10-21)13(2)23/h5-8,13,15,23H,3-4,9-11H2,1-2H3. The molecule has 0 bridgehead atoms. The highest BCUT2D eigenvalue weighted by molar-refractivity contribution is 5.76. The lowest BCUT2D eigenvalue weighted by atomic mass is 9.93. The van der Waals surface area contributed by atoms with Crippen LogP contribution in [0.15, 0.2) is 24.3 Å². The van der Waals surface area contributed by atoms with Crippen LogP contribution in [0, 0.1) is 12.8 Å². The van der Waals surface area contributed by atoms with Crippen LogP contribution in [0.2, 0.25) is 0 Å². The van der Waals surface area contributed by atoms with Crippen molar-refractivity contribution in [2.24, 2.45) is 5.92 Å². The number of tetrazole rings is 1. The molecule has 1 N–H and O–H groups in total. The fourth-order valence-electron chi connectivity index (χ4n) is 2.98. The van der Waals surface area contributed by atoms with Gasteiger partial charge in [-0.1, -0.05) is 29.8 Å². The highest BCUT2D eigenvalue weighted by Crippen LogP contribution is 2.20. The van der Waals surface area contributed by atoms with Crippen molar-refractivity contribution in [2.45, 2.75) is 39.3 Å². The van der Waals surface area contributed by atoms with Crippen LogP contribution < -0.4 is 0 Å². The molecule has 24 heavy (non-hydrogen) atoms. The molecule has 1 saturated heterocycles. The summed E-state index contributed by atoms with van der Waals surface area (Å²) < 4.78 is 0. The smallest absolute Gasteiger partial charge is 0.246 e. The van der Waals surface area contributed by atoms with Gasteiger partial charge >= 0.3 is 0 Å². The summed E-state index contributed by atoms with van der Waals surface area (Å²) >= 11 is 0. The number of amides is 1. The second kappa shape index (κ2) is 7.09. The second-order valence-corrected chi connectivity index (χ2v) is 6.49. The quantitative estimate of drug-likeness (QED) is 0.913. The van der Waals surface area contributed by atoms with Crippen molar-refractivity contribution in [1.82, 2.24) is 25.1 Å². The van der Waals surface area contributed by atoms with E-state index < -0.39 is 6.10 Å². The van der Waals surface area contributed by atoms with Crippen molar-refractivity contribution >= 4 is 5.91 Å². The van der Waals surface area contributed by atoms with E-state index in [2.05, 4.69) is 15.4 Å². The average Bonchev–Trinajstić information content (AvgIpc) is 3.04. The molecule has 7 heteroatoms. The molecular weight excluding hydrogens is 306 g/mol. The molecule has 128 valence electrons. The van der Waals surface area contributed by atoms with Gasteiger partial charge in [-0.15, -0.1) is 10.2 Å². The lowest BCUT2D eigenvalue weighted by Crippen LogP contribution is -2.44. The molecule has 1 fully saturated rings. The number of aliphatic hydroxyl groups excluding tert-OH is 1. The minimum Gasteiger partial charge on any atom is -0.393 e. The summed E-state index contributed by atoms with van der Waals surface area (Å²) in [5.41, 5.74) is 2.05. The summed E-state index contributed by atoms with van der Waals surface area (Å²) in [4.78, 5) is 15.6. The molecule has 2 heterocycles. The lowest BCUT2D eigenvalue weighted by molar-refractivity contribution is -0.134. The van der Waals surface area contributed by atoms with Gasteiger partial charge in [0.2, 0.25) is 11.7 Å². The van der Waals surface area contributed by atoms with E-state index in [1.54, 1.807) is 11.8 Å². The molecule has 1 aromatic carbocycles. The van der Waals surface area contributed by atoms with Crippen molar-refractivity contribution in [2.75, 3.05) is 13.1 Å². The van der Waals surface area contributed by atoms with Gasteiger partial charge in [0.15, 0.2) is 0 Å². The number of aromatic nitrogens is 4. The van der Waals surface area contributed by atoms with Crippen molar-refractivity contribution < 1.29 is 9.90 Å². The molecule has 1 aliphatic rings. The third-order valence-corrected chi connectivity index (χ3v) is 4.53. The van der Waals surface area contributed by atoms with Crippen LogP contribution in [-0.4, -0.2) is 55.3 Å². The number of piperidine rings is 1. The van der Waals surface area contributed by atoms with Crippen molar-refractivity contribution in [3.05, 3.63) is 29.8 Å². The maximum absolute atomic E-state index is 12.4. The zero-order chi connectivity index (χ0) is 17.1. The Labute approximate surface area is 141 Å². The number of hydrogen-bond donors (Lipinski definition) is 1. The average molecular weight is 329 g/mol. The molecule has 1 amide bonds. The van der Waals surface area contributed by atoms with E-state index in [-0.39, 0.29) is 18.4 Å². The SMILES string of the molecule is Cc1ccc(-c2nnn(CC(=O)N3CCCC(C(C)O)C3)n2)cc1. The largest absolute Gasteiger partial charge is 0.393 e. The molecule has 2 aromatic rings. The predicted molar refractivity (Wildman–Crippen MR) is 89.0 cm³/mol. The van der Waals surface area contributed by atoms with Crippen LogP contribution in [0.25, 0.3) is 11.4 Å². The van der Waals surface area contributed by atoms with Gasteiger partial charge in [-0.2, -0.15) is 4.80 Å². The van der Waals surface area contributed by atoms with E-state index in [9.17, 15) is 9.90 Å². The molecule has 3 rings (SSSR count). The molecule has 2 unspecified atom stereocenters. The van der Waals surface area contributed by atoms with Gasteiger partial charge in [-0.05, 0) is 31.9 Å². The van der Waals surface area contributed by atoms with Crippen LogP contribution >= 0.6 is 0 Å². The minimum atomic E-state index is -0.391. The van der Waals surface area contributed by atoms with Crippen LogP contribution in [0.4, 0.5) is 0 Å². The molecule has 1 aromatic heterocycles. The molecule has 1 aliphatic heterocycles. The summed E-state index contributed by atoms with van der Waals surface area (Å²) in [7, 11) is 0. The topological polar surface area (TPSA) is 84.1 Å². The zero-order valence-electron chi connectivity index (χ0n) is 14.1. The number of aliphatic hydroxyl groups is 1. The molecular formula is C17H23N5O2. The number of rotatable bonds is 4. The molecule has 0 radical (unpaired) electrons. The van der Waals surface area contributed by atoms with Gasteiger partial charge in [0.1, 0.15) is 6.54 Å². The number of hydrogen-bond acceptors (Lipinski definition) is 5. The van der Waals surface area contributed by atoms with Gasteiger partial charge in [0.05, 0.1) is 6.10 Å².